The predicted molar refractivity (Wildman–Crippen MR) is 109 cm³/mol. The van der Waals surface area contributed by atoms with Crippen LogP contribution in [-0.4, -0.2) is 15.9 Å². The number of carbonyl (C=O) groups excluding carboxylic acids is 1. The third kappa shape index (κ3) is 3.99. The molecule has 0 saturated heterocycles. The molecule has 5 heteroatoms. The number of amides is 1. The summed E-state index contributed by atoms with van der Waals surface area (Å²) in [6, 6.07) is 12.5. The Morgan fingerprint density at radius 1 is 1.19 bits per heavy atom. The molecule has 134 valence electrons. The lowest BCUT2D eigenvalue weighted by Gasteiger charge is -2.09. The molecule has 1 amide bonds. The fourth-order valence-corrected chi connectivity index (χ4v) is 3.79. The van der Waals surface area contributed by atoms with Crippen LogP contribution in [-0.2, 0) is 11.2 Å². The number of aryl methyl sites for hydroxylation is 1. The monoisotopic (exact) mass is 365 g/mol. The molecule has 0 saturated carbocycles. The summed E-state index contributed by atoms with van der Waals surface area (Å²) < 4.78 is 0. The first-order chi connectivity index (χ1) is 12.5. The van der Waals surface area contributed by atoms with Crippen molar-refractivity contribution in [2.24, 2.45) is 0 Å². The van der Waals surface area contributed by atoms with Crippen molar-refractivity contribution in [3.05, 3.63) is 53.2 Å². The number of aromatic nitrogens is 2. The highest BCUT2D eigenvalue weighted by atomic mass is 32.1. The van der Waals surface area contributed by atoms with Gasteiger partial charge in [0.1, 0.15) is 5.82 Å². The highest BCUT2D eigenvalue weighted by Crippen LogP contribution is 2.38. The van der Waals surface area contributed by atoms with Crippen LogP contribution in [0.4, 0.5) is 5.82 Å². The summed E-state index contributed by atoms with van der Waals surface area (Å²) in [6.45, 7) is 7.99. The average Bonchev–Trinajstić information content (AvgIpc) is 3.06. The van der Waals surface area contributed by atoms with E-state index in [1.54, 1.807) is 17.5 Å². The summed E-state index contributed by atoms with van der Waals surface area (Å²) in [6.07, 6.45) is 2.62. The second-order valence-electron chi connectivity index (χ2n) is 6.53. The van der Waals surface area contributed by atoms with E-state index in [2.05, 4.69) is 55.3 Å². The van der Waals surface area contributed by atoms with Crippen LogP contribution in [0.15, 0.2) is 42.6 Å². The first-order valence-corrected chi connectivity index (χ1v) is 9.63. The molecule has 0 radical (unpaired) electrons. The van der Waals surface area contributed by atoms with Crippen molar-refractivity contribution < 1.29 is 4.79 Å². The minimum absolute atomic E-state index is 0.127. The van der Waals surface area contributed by atoms with Crippen molar-refractivity contribution in [3.63, 3.8) is 0 Å². The van der Waals surface area contributed by atoms with Crippen LogP contribution in [0.1, 0.15) is 44.2 Å². The average molecular weight is 366 g/mol. The van der Waals surface area contributed by atoms with Gasteiger partial charge in [-0.05, 0) is 41.7 Å². The maximum Gasteiger partial charge on any atom is 0.222 e. The third-order valence-electron chi connectivity index (χ3n) is 4.13. The van der Waals surface area contributed by atoms with Gasteiger partial charge in [0.15, 0.2) is 0 Å². The number of hydrogen-bond acceptors (Lipinski definition) is 4. The van der Waals surface area contributed by atoms with Gasteiger partial charge < -0.3 is 5.32 Å². The number of nitrogens with one attached hydrogen (secondary N) is 1. The largest absolute Gasteiger partial charge is 0.311 e. The maximum absolute atomic E-state index is 11.3. The Kier molecular flexibility index (Phi) is 5.47. The summed E-state index contributed by atoms with van der Waals surface area (Å²) >= 11 is 1.70. The molecule has 2 aromatic heterocycles. The molecule has 0 unspecified atom stereocenters. The van der Waals surface area contributed by atoms with Crippen LogP contribution in [0.2, 0.25) is 0 Å². The van der Waals surface area contributed by atoms with Crippen LogP contribution in [0, 0.1) is 0 Å². The normalized spacial score (nSPS) is 11.0. The Morgan fingerprint density at radius 2 is 2.00 bits per heavy atom. The number of thiazole rings is 1. The number of rotatable bonds is 5. The van der Waals surface area contributed by atoms with Crippen LogP contribution in [0.25, 0.3) is 21.7 Å². The topological polar surface area (TPSA) is 54.9 Å². The molecule has 0 aliphatic carbocycles. The van der Waals surface area contributed by atoms with Gasteiger partial charge >= 0.3 is 0 Å². The van der Waals surface area contributed by atoms with E-state index in [4.69, 9.17) is 4.98 Å². The summed E-state index contributed by atoms with van der Waals surface area (Å²) in [5, 5.41) is 3.85. The van der Waals surface area contributed by atoms with E-state index in [1.165, 1.54) is 12.5 Å². The lowest BCUT2D eigenvalue weighted by molar-refractivity contribution is -0.114. The molecular weight excluding hydrogens is 342 g/mol. The molecule has 3 rings (SSSR count). The molecule has 1 aromatic carbocycles. The number of anilines is 1. The lowest BCUT2D eigenvalue weighted by Crippen LogP contribution is -2.07. The van der Waals surface area contributed by atoms with Crippen molar-refractivity contribution >= 4 is 23.1 Å². The van der Waals surface area contributed by atoms with Gasteiger partial charge in [-0.3, -0.25) is 4.79 Å². The van der Waals surface area contributed by atoms with Gasteiger partial charge in [0.05, 0.1) is 15.6 Å². The maximum atomic E-state index is 11.3. The molecule has 1 N–H and O–H groups in total. The van der Waals surface area contributed by atoms with Crippen LogP contribution < -0.4 is 5.32 Å². The van der Waals surface area contributed by atoms with Gasteiger partial charge in [0.2, 0.25) is 5.91 Å². The summed E-state index contributed by atoms with van der Waals surface area (Å²) in [7, 11) is 0. The molecule has 26 heavy (non-hydrogen) atoms. The fraction of sp³-hybridized carbons (Fsp3) is 0.286. The smallest absolute Gasteiger partial charge is 0.222 e. The van der Waals surface area contributed by atoms with Crippen LogP contribution >= 0.6 is 11.3 Å². The molecule has 4 nitrogen and oxygen atoms in total. The van der Waals surface area contributed by atoms with Crippen molar-refractivity contribution in [1.82, 2.24) is 9.97 Å². The standard InChI is InChI=1S/C21H23N3OS/c1-5-19-24-20(16-8-6-7-15(11-16)13(2)3)21(26-19)17-9-10-22-18(12-17)23-14(4)25/h6-13H,5H2,1-4H3,(H,22,23,25). The number of carbonyl (C=O) groups is 1. The summed E-state index contributed by atoms with van der Waals surface area (Å²) in [4.78, 5) is 21.5. The van der Waals surface area contributed by atoms with Gasteiger partial charge in [-0.15, -0.1) is 11.3 Å². The zero-order chi connectivity index (χ0) is 18.7. The lowest BCUT2D eigenvalue weighted by atomic mass is 9.98. The summed E-state index contributed by atoms with van der Waals surface area (Å²) in [5.41, 5.74) is 4.44. The first-order valence-electron chi connectivity index (χ1n) is 8.82. The number of benzene rings is 1. The van der Waals surface area contributed by atoms with Gasteiger partial charge in [-0.2, -0.15) is 0 Å². The molecule has 2 heterocycles. The Bertz CT molecular complexity index is 931. The van der Waals surface area contributed by atoms with E-state index in [1.807, 2.05) is 12.1 Å². The third-order valence-corrected chi connectivity index (χ3v) is 5.38. The molecule has 0 aliphatic heterocycles. The SMILES string of the molecule is CCc1nc(-c2cccc(C(C)C)c2)c(-c2ccnc(NC(C)=O)c2)s1. The van der Waals surface area contributed by atoms with E-state index in [9.17, 15) is 4.79 Å². The first kappa shape index (κ1) is 18.3. The van der Waals surface area contributed by atoms with Crippen molar-refractivity contribution in [3.8, 4) is 21.7 Å². The fourth-order valence-electron chi connectivity index (χ4n) is 2.77. The minimum Gasteiger partial charge on any atom is -0.311 e. The molecule has 0 aliphatic rings. The summed E-state index contributed by atoms with van der Waals surface area (Å²) in [5.74, 6) is 0.899. The van der Waals surface area contributed by atoms with Crippen molar-refractivity contribution in [2.45, 2.75) is 40.0 Å². The number of hydrogen-bond donors (Lipinski definition) is 1. The van der Waals surface area contributed by atoms with E-state index >= 15 is 0 Å². The Morgan fingerprint density at radius 3 is 2.69 bits per heavy atom. The molecule has 0 atom stereocenters. The van der Waals surface area contributed by atoms with Gasteiger partial charge in [-0.25, -0.2) is 9.97 Å². The number of nitrogens with zero attached hydrogens (tertiary/aromatic N) is 2. The Labute approximate surface area is 158 Å². The zero-order valence-corrected chi connectivity index (χ0v) is 16.4. The highest BCUT2D eigenvalue weighted by molar-refractivity contribution is 7.15. The quantitative estimate of drug-likeness (QED) is 0.648. The second-order valence-corrected chi connectivity index (χ2v) is 7.61. The van der Waals surface area contributed by atoms with E-state index in [0.29, 0.717) is 11.7 Å². The van der Waals surface area contributed by atoms with Crippen molar-refractivity contribution in [2.75, 3.05) is 5.32 Å². The zero-order valence-electron chi connectivity index (χ0n) is 15.5. The Hall–Kier alpha value is -2.53. The predicted octanol–water partition coefficient (Wildman–Crippen LogP) is 5.52. The molecule has 0 spiro atoms. The minimum atomic E-state index is -0.127. The van der Waals surface area contributed by atoms with Gasteiger partial charge in [0.25, 0.3) is 0 Å². The van der Waals surface area contributed by atoms with Crippen molar-refractivity contribution in [1.29, 1.82) is 0 Å². The Balaban J connectivity index is 2.10. The highest BCUT2D eigenvalue weighted by Gasteiger charge is 2.16. The van der Waals surface area contributed by atoms with Gasteiger partial charge in [-0.1, -0.05) is 39.0 Å². The van der Waals surface area contributed by atoms with Crippen LogP contribution in [0.5, 0.6) is 0 Å². The number of pyridine rings is 1. The molecular formula is C21H23N3OS. The second kappa shape index (κ2) is 7.79. The van der Waals surface area contributed by atoms with E-state index in [-0.39, 0.29) is 5.91 Å². The van der Waals surface area contributed by atoms with Gasteiger partial charge in [0, 0.05) is 18.7 Å². The molecule has 0 bridgehead atoms. The van der Waals surface area contributed by atoms with E-state index in [0.717, 1.165) is 33.1 Å². The molecule has 3 aromatic rings. The van der Waals surface area contributed by atoms with Crippen LogP contribution in [0.3, 0.4) is 0 Å². The molecule has 0 fully saturated rings. The van der Waals surface area contributed by atoms with E-state index < -0.39 is 0 Å².